The number of hydrogen-bond acceptors (Lipinski definition) is 4. The van der Waals surface area contributed by atoms with E-state index in [9.17, 15) is 9.59 Å². The molecule has 7 heteroatoms. The Balaban J connectivity index is 1.56. The fraction of sp³-hybridized carbons (Fsp3) is 0.464. The Labute approximate surface area is 207 Å². The first-order valence-electron chi connectivity index (χ1n) is 12.6. The normalized spacial score (nSPS) is 22.0. The van der Waals surface area contributed by atoms with Crippen molar-refractivity contribution in [2.75, 3.05) is 6.61 Å². The molecule has 2 aliphatic rings. The molecule has 0 aromatic heterocycles. The lowest BCUT2D eigenvalue weighted by Gasteiger charge is -2.44. The lowest BCUT2D eigenvalue weighted by molar-refractivity contribution is -0.132. The van der Waals surface area contributed by atoms with E-state index in [0.29, 0.717) is 25.0 Å². The third-order valence-corrected chi connectivity index (χ3v) is 7.58. The molecular weight excluding hydrogens is 440 g/mol. The van der Waals surface area contributed by atoms with E-state index in [1.165, 1.54) is 0 Å². The summed E-state index contributed by atoms with van der Waals surface area (Å²) in [5.41, 5.74) is 2.01. The minimum atomic E-state index is -0.360. The highest BCUT2D eigenvalue weighted by Gasteiger charge is 2.41. The van der Waals surface area contributed by atoms with Crippen LogP contribution in [0.1, 0.15) is 86.9 Å². The number of carbonyl (C=O) groups excluding carboxylic acids is 2. The molecule has 0 aliphatic carbocycles. The van der Waals surface area contributed by atoms with E-state index in [1.807, 2.05) is 63.2 Å². The van der Waals surface area contributed by atoms with Gasteiger partial charge in [0.15, 0.2) is 5.96 Å². The molecule has 2 heterocycles. The SMILES string of the molecule is CCC(c1cccc(C(=O)N[C@@H]2c3ccccc3OC[C@@H]2C)c1)N1C(=N)NC(CC)(CC)CC1=O. The van der Waals surface area contributed by atoms with Crippen molar-refractivity contribution in [2.24, 2.45) is 5.92 Å². The zero-order valence-electron chi connectivity index (χ0n) is 21.1. The van der Waals surface area contributed by atoms with Gasteiger partial charge in [-0.15, -0.1) is 0 Å². The van der Waals surface area contributed by atoms with E-state index in [-0.39, 0.29) is 41.3 Å². The molecule has 2 aliphatic heterocycles. The van der Waals surface area contributed by atoms with Gasteiger partial charge in [-0.05, 0) is 43.0 Å². The summed E-state index contributed by atoms with van der Waals surface area (Å²) in [7, 11) is 0. The molecule has 2 aromatic carbocycles. The third kappa shape index (κ3) is 4.77. The minimum Gasteiger partial charge on any atom is -0.493 e. The van der Waals surface area contributed by atoms with Crippen LogP contribution in [0.3, 0.4) is 0 Å². The second kappa shape index (κ2) is 10.1. The number of rotatable bonds is 7. The van der Waals surface area contributed by atoms with Gasteiger partial charge in [0.1, 0.15) is 5.75 Å². The molecule has 2 aromatic rings. The summed E-state index contributed by atoms with van der Waals surface area (Å²) in [5, 5.41) is 15.1. The summed E-state index contributed by atoms with van der Waals surface area (Å²) in [5.74, 6) is 0.867. The maximum atomic E-state index is 13.3. The van der Waals surface area contributed by atoms with Crippen molar-refractivity contribution in [1.82, 2.24) is 15.5 Å². The van der Waals surface area contributed by atoms with E-state index in [2.05, 4.69) is 17.6 Å². The molecule has 0 bridgehead atoms. The summed E-state index contributed by atoms with van der Waals surface area (Å²) >= 11 is 0. The molecule has 186 valence electrons. The molecule has 2 amide bonds. The van der Waals surface area contributed by atoms with Crippen molar-refractivity contribution in [3.05, 3.63) is 65.2 Å². The first kappa shape index (κ1) is 24.8. The fourth-order valence-corrected chi connectivity index (χ4v) is 5.25. The molecule has 0 saturated carbocycles. The van der Waals surface area contributed by atoms with Gasteiger partial charge >= 0.3 is 0 Å². The van der Waals surface area contributed by atoms with Crippen LogP contribution in [0.2, 0.25) is 0 Å². The molecule has 35 heavy (non-hydrogen) atoms. The van der Waals surface area contributed by atoms with Crippen LogP contribution in [0.15, 0.2) is 48.5 Å². The number of para-hydroxylation sites is 1. The van der Waals surface area contributed by atoms with Crippen LogP contribution in [0, 0.1) is 11.3 Å². The molecule has 3 atom stereocenters. The Hall–Kier alpha value is -3.35. The quantitative estimate of drug-likeness (QED) is 0.527. The Morgan fingerprint density at radius 2 is 1.94 bits per heavy atom. The highest BCUT2D eigenvalue weighted by atomic mass is 16.5. The summed E-state index contributed by atoms with van der Waals surface area (Å²) in [4.78, 5) is 28.1. The van der Waals surface area contributed by atoms with Crippen molar-refractivity contribution < 1.29 is 14.3 Å². The van der Waals surface area contributed by atoms with Crippen molar-refractivity contribution >= 4 is 17.8 Å². The number of hydrogen-bond donors (Lipinski definition) is 3. The number of ether oxygens (including phenoxy) is 1. The molecule has 4 rings (SSSR count). The molecule has 0 spiro atoms. The third-order valence-electron chi connectivity index (χ3n) is 7.58. The summed E-state index contributed by atoms with van der Waals surface area (Å²) in [6.45, 7) is 8.70. The largest absolute Gasteiger partial charge is 0.493 e. The minimum absolute atomic E-state index is 0.0493. The average Bonchev–Trinajstić information content (AvgIpc) is 2.87. The van der Waals surface area contributed by atoms with Crippen molar-refractivity contribution in [3.63, 3.8) is 0 Å². The topological polar surface area (TPSA) is 94.5 Å². The standard InChI is InChI=1S/C28H36N4O3/c1-5-22(32-24(33)16-28(6-2,7-3)31-27(32)29)19-11-10-12-20(15-19)26(34)30-25-18(4)17-35-23-14-9-8-13-21(23)25/h8-15,18,22,25H,5-7,16-17H2,1-4H3,(H2,29,31)(H,30,34)/t18-,22?,25-/m0/s1. The van der Waals surface area contributed by atoms with Crippen LogP contribution in [-0.4, -0.2) is 34.8 Å². The van der Waals surface area contributed by atoms with Crippen LogP contribution in [0.25, 0.3) is 0 Å². The Kier molecular flexibility index (Phi) is 7.15. The number of nitrogens with zero attached hydrogens (tertiary/aromatic N) is 1. The second-order valence-electron chi connectivity index (χ2n) is 9.73. The number of fused-ring (bicyclic) bond motifs is 1. The van der Waals surface area contributed by atoms with E-state index in [1.54, 1.807) is 11.0 Å². The maximum Gasteiger partial charge on any atom is 0.251 e. The van der Waals surface area contributed by atoms with Crippen LogP contribution in [0.5, 0.6) is 5.75 Å². The smallest absolute Gasteiger partial charge is 0.251 e. The summed E-state index contributed by atoms with van der Waals surface area (Å²) < 4.78 is 5.82. The molecule has 1 unspecified atom stereocenters. The fourth-order valence-electron chi connectivity index (χ4n) is 5.25. The molecule has 1 fully saturated rings. The van der Waals surface area contributed by atoms with E-state index in [4.69, 9.17) is 10.1 Å². The lowest BCUT2D eigenvalue weighted by atomic mass is 9.86. The monoisotopic (exact) mass is 476 g/mol. The van der Waals surface area contributed by atoms with E-state index in [0.717, 1.165) is 29.7 Å². The zero-order chi connectivity index (χ0) is 25.2. The number of guanidine groups is 1. The Morgan fingerprint density at radius 1 is 1.20 bits per heavy atom. The van der Waals surface area contributed by atoms with Crippen molar-refractivity contribution in [1.29, 1.82) is 5.41 Å². The Morgan fingerprint density at radius 3 is 2.63 bits per heavy atom. The van der Waals surface area contributed by atoms with Gasteiger partial charge in [0.05, 0.1) is 25.1 Å². The Bertz CT molecular complexity index is 1090. The van der Waals surface area contributed by atoms with Crippen molar-refractivity contribution in [2.45, 2.75) is 71.0 Å². The summed E-state index contributed by atoms with van der Waals surface area (Å²) in [6.07, 6.45) is 2.56. The van der Waals surface area contributed by atoms with Crippen LogP contribution >= 0.6 is 0 Å². The van der Waals surface area contributed by atoms with E-state index < -0.39 is 0 Å². The highest BCUT2D eigenvalue weighted by Crippen LogP contribution is 2.36. The number of amides is 2. The molecular formula is C28H36N4O3. The van der Waals surface area contributed by atoms with Gasteiger partial charge in [-0.1, -0.05) is 58.0 Å². The first-order valence-corrected chi connectivity index (χ1v) is 12.6. The number of carbonyl (C=O) groups is 2. The lowest BCUT2D eigenvalue weighted by Crippen LogP contribution is -2.62. The van der Waals surface area contributed by atoms with Crippen molar-refractivity contribution in [3.8, 4) is 5.75 Å². The predicted octanol–water partition coefficient (Wildman–Crippen LogP) is 4.95. The molecule has 0 radical (unpaired) electrons. The van der Waals surface area contributed by atoms with Crippen LogP contribution in [0.4, 0.5) is 0 Å². The number of benzene rings is 2. The average molecular weight is 477 g/mol. The first-order chi connectivity index (χ1) is 16.8. The molecule has 3 N–H and O–H groups in total. The van der Waals surface area contributed by atoms with Gasteiger partial charge in [-0.2, -0.15) is 0 Å². The van der Waals surface area contributed by atoms with Gasteiger partial charge in [-0.3, -0.25) is 19.9 Å². The van der Waals surface area contributed by atoms with Gasteiger partial charge in [0, 0.05) is 22.6 Å². The molecule has 7 nitrogen and oxygen atoms in total. The van der Waals surface area contributed by atoms with Crippen LogP contribution < -0.4 is 15.4 Å². The highest BCUT2D eigenvalue weighted by molar-refractivity contribution is 6.00. The predicted molar refractivity (Wildman–Crippen MR) is 136 cm³/mol. The molecule has 1 saturated heterocycles. The van der Waals surface area contributed by atoms with Gasteiger partial charge in [-0.25, -0.2) is 0 Å². The van der Waals surface area contributed by atoms with E-state index >= 15 is 0 Å². The summed E-state index contributed by atoms with van der Waals surface area (Å²) in [6, 6.07) is 14.8. The zero-order valence-corrected chi connectivity index (χ0v) is 21.1. The number of nitrogens with one attached hydrogen (secondary N) is 3. The maximum absolute atomic E-state index is 13.3. The van der Waals surface area contributed by atoms with Gasteiger partial charge < -0.3 is 15.4 Å². The van der Waals surface area contributed by atoms with Gasteiger partial charge in [0.25, 0.3) is 5.91 Å². The van der Waals surface area contributed by atoms with Crippen LogP contribution in [-0.2, 0) is 4.79 Å². The van der Waals surface area contributed by atoms with Gasteiger partial charge in [0.2, 0.25) is 5.91 Å². The second-order valence-corrected chi connectivity index (χ2v) is 9.73.